The molecule has 8 heteroatoms. The summed E-state index contributed by atoms with van der Waals surface area (Å²) in [6.07, 6.45) is -0.0230. The fourth-order valence-corrected chi connectivity index (χ4v) is 4.87. The van der Waals surface area contributed by atoms with Crippen LogP contribution >= 0.6 is 0 Å². The number of nitrogens with zero attached hydrogens (tertiary/aromatic N) is 3. The largest absolute Gasteiger partial charge is 0.392 e. The smallest absolute Gasteiger partial charge is 0.244 e. The lowest BCUT2D eigenvalue weighted by Gasteiger charge is -2.21. The molecule has 0 amide bonds. The molecule has 3 aromatic rings. The van der Waals surface area contributed by atoms with E-state index < -0.39 is 15.9 Å². The fourth-order valence-electron chi connectivity index (χ4n) is 3.70. The van der Waals surface area contributed by atoms with E-state index in [1.54, 1.807) is 24.3 Å². The van der Waals surface area contributed by atoms with E-state index in [4.69, 9.17) is 4.52 Å². The van der Waals surface area contributed by atoms with Gasteiger partial charge in [0.15, 0.2) is 15.7 Å². The molecule has 1 aliphatic heterocycles. The molecule has 1 aromatic heterocycles. The van der Waals surface area contributed by atoms with Crippen LogP contribution in [-0.2, 0) is 22.1 Å². The van der Waals surface area contributed by atoms with Gasteiger partial charge in [0.05, 0.1) is 17.0 Å². The minimum absolute atomic E-state index is 0.127. The summed E-state index contributed by atoms with van der Waals surface area (Å²) >= 11 is 0. The highest BCUT2D eigenvalue weighted by atomic mass is 32.2. The molecule has 1 fully saturated rings. The minimum atomic E-state index is -3.57. The van der Waals surface area contributed by atoms with Crippen LogP contribution in [0.15, 0.2) is 57.9 Å². The third-order valence-electron chi connectivity index (χ3n) is 5.36. The van der Waals surface area contributed by atoms with Crippen molar-refractivity contribution >= 4 is 9.84 Å². The Labute approximate surface area is 176 Å². The SMILES string of the molecule is Cc1ccc(CN2C[C@H](O)C[C@H]2c2nc(CS(=O)(=O)c3ccc(C)cc3)no2)cc1. The van der Waals surface area contributed by atoms with Gasteiger partial charge in [-0.3, -0.25) is 4.90 Å². The Morgan fingerprint density at radius 2 is 1.70 bits per heavy atom. The number of likely N-dealkylation sites (tertiary alicyclic amines) is 1. The molecule has 0 aliphatic carbocycles. The van der Waals surface area contributed by atoms with Crippen molar-refractivity contribution < 1.29 is 18.0 Å². The van der Waals surface area contributed by atoms with Crippen LogP contribution in [0.1, 0.15) is 40.9 Å². The average Bonchev–Trinajstić information content (AvgIpc) is 3.29. The maximum Gasteiger partial charge on any atom is 0.244 e. The lowest BCUT2D eigenvalue weighted by Crippen LogP contribution is -2.24. The quantitative estimate of drug-likeness (QED) is 0.646. The Bertz CT molecular complexity index is 1110. The number of benzene rings is 2. The highest BCUT2D eigenvalue weighted by molar-refractivity contribution is 7.90. The molecule has 1 saturated heterocycles. The highest BCUT2D eigenvalue weighted by Crippen LogP contribution is 2.33. The number of sulfone groups is 1. The summed E-state index contributed by atoms with van der Waals surface area (Å²) in [7, 11) is -3.57. The van der Waals surface area contributed by atoms with Gasteiger partial charge in [0.1, 0.15) is 5.75 Å². The lowest BCUT2D eigenvalue weighted by atomic mass is 10.1. The zero-order valence-electron chi connectivity index (χ0n) is 17.0. The van der Waals surface area contributed by atoms with Crippen LogP contribution in [0.4, 0.5) is 0 Å². The number of aryl methyl sites for hydroxylation is 2. The number of hydrogen-bond donors (Lipinski definition) is 1. The van der Waals surface area contributed by atoms with Gasteiger partial charge in [0.25, 0.3) is 0 Å². The Kier molecular flexibility index (Phi) is 5.73. The molecule has 0 spiro atoms. The topological polar surface area (TPSA) is 96.5 Å². The molecular formula is C22H25N3O4S. The molecule has 7 nitrogen and oxygen atoms in total. The van der Waals surface area contributed by atoms with E-state index >= 15 is 0 Å². The second-order valence-corrected chi connectivity index (χ2v) is 9.93. The van der Waals surface area contributed by atoms with Crippen LogP contribution in [0.25, 0.3) is 0 Å². The molecule has 1 N–H and O–H groups in total. The first kappa shape index (κ1) is 20.7. The molecule has 158 valence electrons. The van der Waals surface area contributed by atoms with E-state index in [2.05, 4.69) is 39.3 Å². The number of aromatic nitrogens is 2. The third kappa shape index (κ3) is 4.61. The summed E-state index contributed by atoms with van der Waals surface area (Å²) in [5.74, 6) is 0.141. The number of aliphatic hydroxyl groups is 1. The third-order valence-corrected chi connectivity index (χ3v) is 6.98. The summed E-state index contributed by atoms with van der Waals surface area (Å²) in [6, 6.07) is 14.7. The Balaban J connectivity index is 1.50. The normalized spacial score (nSPS) is 20.0. The predicted molar refractivity (Wildman–Crippen MR) is 111 cm³/mol. The van der Waals surface area contributed by atoms with Crippen molar-refractivity contribution in [2.75, 3.05) is 6.54 Å². The van der Waals surface area contributed by atoms with Crippen LogP contribution in [-0.4, -0.2) is 41.2 Å². The molecule has 4 rings (SSSR count). The summed E-state index contributed by atoms with van der Waals surface area (Å²) in [5.41, 5.74) is 3.30. The van der Waals surface area contributed by atoms with Crippen LogP contribution < -0.4 is 0 Å². The monoisotopic (exact) mass is 427 g/mol. The van der Waals surface area contributed by atoms with Crippen molar-refractivity contribution in [3.63, 3.8) is 0 Å². The number of β-amino-alcohol motifs (C(OH)–C–C–N with tert-alkyl or cyclic N) is 1. The minimum Gasteiger partial charge on any atom is -0.392 e. The molecule has 2 heterocycles. The molecule has 1 aliphatic rings. The van der Waals surface area contributed by atoms with Crippen molar-refractivity contribution in [1.82, 2.24) is 15.0 Å². The van der Waals surface area contributed by atoms with Gasteiger partial charge >= 0.3 is 0 Å². The van der Waals surface area contributed by atoms with Crippen LogP contribution in [0, 0.1) is 13.8 Å². The fraction of sp³-hybridized carbons (Fsp3) is 0.364. The second-order valence-electron chi connectivity index (χ2n) is 7.94. The van der Waals surface area contributed by atoms with E-state index in [1.807, 2.05) is 13.8 Å². The number of aliphatic hydroxyl groups excluding tert-OH is 1. The van der Waals surface area contributed by atoms with Crippen LogP contribution in [0.3, 0.4) is 0 Å². The van der Waals surface area contributed by atoms with Crippen molar-refractivity contribution in [3.05, 3.63) is 76.9 Å². The Morgan fingerprint density at radius 1 is 1.07 bits per heavy atom. The summed E-state index contributed by atoms with van der Waals surface area (Å²) in [5, 5.41) is 14.1. The zero-order chi connectivity index (χ0) is 21.3. The zero-order valence-corrected chi connectivity index (χ0v) is 17.8. The van der Waals surface area contributed by atoms with Crippen molar-refractivity contribution in [1.29, 1.82) is 0 Å². The molecular weight excluding hydrogens is 402 g/mol. The summed E-state index contributed by atoms with van der Waals surface area (Å²) < 4.78 is 30.7. The van der Waals surface area contributed by atoms with E-state index in [0.29, 0.717) is 25.4 Å². The van der Waals surface area contributed by atoms with Gasteiger partial charge in [-0.2, -0.15) is 4.98 Å². The highest BCUT2D eigenvalue weighted by Gasteiger charge is 2.36. The lowest BCUT2D eigenvalue weighted by molar-refractivity contribution is 0.169. The summed E-state index contributed by atoms with van der Waals surface area (Å²) in [6.45, 7) is 5.08. The van der Waals surface area contributed by atoms with Crippen molar-refractivity contribution in [3.8, 4) is 0 Å². The van der Waals surface area contributed by atoms with Gasteiger partial charge in [0, 0.05) is 13.1 Å². The van der Waals surface area contributed by atoms with Gasteiger partial charge in [-0.15, -0.1) is 0 Å². The molecule has 30 heavy (non-hydrogen) atoms. The first-order valence-electron chi connectivity index (χ1n) is 9.90. The first-order chi connectivity index (χ1) is 14.3. The average molecular weight is 428 g/mol. The van der Waals surface area contributed by atoms with E-state index in [1.165, 1.54) is 5.56 Å². The molecule has 2 atom stereocenters. The second kappa shape index (κ2) is 8.29. The van der Waals surface area contributed by atoms with E-state index in [-0.39, 0.29) is 22.5 Å². The van der Waals surface area contributed by atoms with Crippen molar-refractivity contribution in [2.45, 2.75) is 49.6 Å². The van der Waals surface area contributed by atoms with E-state index in [9.17, 15) is 13.5 Å². The van der Waals surface area contributed by atoms with Crippen LogP contribution in [0.2, 0.25) is 0 Å². The number of hydrogen-bond acceptors (Lipinski definition) is 7. The molecule has 0 radical (unpaired) electrons. The van der Waals surface area contributed by atoms with E-state index in [0.717, 1.165) is 11.1 Å². The Morgan fingerprint density at radius 3 is 2.37 bits per heavy atom. The molecule has 0 bridgehead atoms. The maximum absolute atomic E-state index is 12.7. The standard InChI is InChI=1S/C22H25N3O4S/c1-15-3-7-17(8-4-15)12-25-13-18(26)11-20(25)22-23-21(24-29-22)14-30(27,28)19-9-5-16(2)6-10-19/h3-10,18,20,26H,11-14H2,1-2H3/t18-,20+/m1/s1. The Hall–Kier alpha value is -2.55. The molecule has 2 aromatic carbocycles. The van der Waals surface area contributed by atoms with Crippen LogP contribution in [0.5, 0.6) is 0 Å². The van der Waals surface area contributed by atoms with Gasteiger partial charge in [-0.05, 0) is 38.0 Å². The molecule has 0 unspecified atom stereocenters. The number of rotatable bonds is 6. The van der Waals surface area contributed by atoms with Gasteiger partial charge in [0.2, 0.25) is 5.89 Å². The summed E-state index contributed by atoms with van der Waals surface area (Å²) in [4.78, 5) is 6.67. The maximum atomic E-state index is 12.7. The molecule has 0 saturated carbocycles. The predicted octanol–water partition coefficient (Wildman–Crippen LogP) is 2.97. The van der Waals surface area contributed by atoms with Gasteiger partial charge < -0.3 is 9.63 Å². The first-order valence-corrected chi connectivity index (χ1v) is 11.5. The van der Waals surface area contributed by atoms with Gasteiger partial charge in [-0.1, -0.05) is 52.7 Å². The van der Waals surface area contributed by atoms with Gasteiger partial charge in [-0.25, -0.2) is 8.42 Å². The van der Waals surface area contributed by atoms with Crippen molar-refractivity contribution in [2.24, 2.45) is 0 Å².